The van der Waals surface area contributed by atoms with Crippen molar-refractivity contribution < 1.29 is 0 Å². The fourth-order valence-corrected chi connectivity index (χ4v) is 2.58. The number of hydrogen-bond acceptors (Lipinski definition) is 2. The maximum absolute atomic E-state index is 6.17. The summed E-state index contributed by atoms with van der Waals surface area (Å²) in [7, 11) is 0. The summed E-state index contributed by atoms with van der Waals surface area (Å²) < 4.78 is 0. The molecular weight excluding hydrogens is 226 g/mol. The lowest BCUT2D eigenvalue weighted by molar-refractivity contribution is 0.669. The van der Waals surface area contributed by atoms with Crippen LogP contribution >= 0.6 is 23.4 Å². The molecular formula is C12H18ClNS. The minimum Gasteiger partial charge on any atom is -0.313 e. The Kier molecular flexibility index (Phi) is 6.15. The summed E-state index contributed by atoms with van der Waals surface area (Å²) >= 11 is 7.99. The van der Waals surface area contributed by atoms with Gasteiger partial charge in [-0.25, -0.2) is 0 Å². The molecule has 1 aromatic rings. The third kappa shape index (κ3) is 4.06. The highest BCUT2D eigenvalue weighted by molar-refractivity contribution is 7.99. The van der Waals surface area contributed by atoms with Gasteiger partial charge in [0.25, 0.3) is 0 Å². The molecule has 1 rings (SSSR count). The first-order valence-electron chi connectivity index (χ1n) is 5.40. The predicted octanol–water partition coefficient (Wildman–Crippen LogP) is 3.95. The smallest absolute Gasteiger partial charge is 0.0545 e. The number of halogens is 1. The van der Waals surface area contributed by atoms with Gasteiger partial charge in [0, 0.05) is 11.4 Å². The van der Waals surface area contributed by atoms with E-state index in [1.165, 1.54) is 10.5 Å². The molecule has 0 unspecified atom stereocenters. The van der Waals surface area contributed by atoms with Crippen molar-refractivity contribution in [2.24, 2.45) is 0 Å². The van der Waals surface area contributed by atoms with Gasteiger partial charge in [0.2, 0.25) is 0 Å². The minimum atomic E-state index is 0.873. The van der Waals surface area contributed by atoms with Gasteiger partial charge in [-0.3, -0.25) is 0 Å². The second kappa shape index (κ2) is 7.15. The Morgan fingerprint density at radius 2 is 2.13 bits per heavy atom. The number of rotatable bonds is 6. The fraction of sp³-hybridized carbons (Fsp3) is 0.500. The lowest BCUT2D eigenvalue weighted by atomic mass is 10.2. The molecule has 0 aliphatic heterocycles. The standard InChI is InChI=1S/C12H18ClNS/c1-3-8-14-9-10-6-5-7-11(13)12(10)15-4-2/h5-7,14H,3-4,8-9H2,1-2H3. The molecule has 0 aliphatic rings. The van der Waals surface area contributed by atoms with Gasteiger partial charge >= 0.3 is 0 Å². The van der Waals surface area contributed by atoms with Gasteiger partial charge in [-0.1, -0.05) is 37.6 Å². The second-order valence-corrected chi connectivity index (χ2v) is 5.02. The zero-order chi connectivity index (χ0) is 11.1. The van der Waals surface area contributed by atoms with Gasteiger partial charge in [-0.2, -0.15) is 0 Å². The first kappa shape index (κ1) is 12.9. The molecule has 0 saturated carbocycles. The summed E-state index contributed by atoms with van der Waals surface area (Å²) in [6, 6.07) is 6.13. The van der Waals surface area contributed by atoms with E-state index < -0.39 is 0 Å². The molecule has 0 spiro atoms. The third-order valence-electron chi connectivity index (χ3n) is 2.08. The van der Waals surface area contributed by atoms with Crippen LogP contribution in [0.3, 0.4) is 0 Å². The van der Waals surface area contributed by atoms with Crippen molar-refractivity contribution in [1.82, 2.24) is 5.32 Å². The van der Waals surface area contributed by atoms with E-state index in [9.17, 15) is 0 Å². The Morgan fingerprint density at radius 3 is 2.80 bits per heavy atom. The average molecular weight is 244 g/mol. The molecule has 0 fully saturated rings. The summed E-state index contributed by atoms with van der Waals surface area (Å²) in [6.07, 6.45) is 1.16. The highest BCUT2D eigenvalue weighted by atomic mass is 35.5. The Bertz CT molecular complexity index is 302. The van der Waals surface area contributed by atoms with E-state index in [0.717, 1.165) is 30.3 Å². The molecule has 15 heavy (non-hydrogen) atoms. The quantitative estimate of drug-likeness (QED) is 0.600. The van der Waals surface area contributed by atoms with Gasteiger partial charge in [0.1, 0.15) is 0 Å². The number of thioether (sulfide) groups is 1. The molecule has 84 valence electrons. The molecule has 0 radical (unpaired) electrons. The highest BCUT2D eigenvalue weighted by Gasteiger charge is 2.05. The summed E-state index contributed by atoms with van der Waals surface area (Å²) in [5, 5.41) is 4.28. The molecule has 0 bridgehead atoms. The molecule has 3 heteroatoms. The topological polar surface area (TPSA) is 12.0 Å². The molecule has 0 saturated heterocycles. The van der Waals surface area contributed by atoms with Gasteiger partial charge in [-0.05, 0) is 30.3 Å². The molecule has 1 N–H and O–H groups in total. The first-order chi connectivity index (χ1) is 7.29. The van der Waals surface area contributed by atoms with Crippen molar-refractivity contribution in [1.29, 1.82) is 0 Å². The van der Waals surface area contributed by atoms with Crippen molar-refractivity contribution in [3.8, 4) is 0 Å². The molecule has 0 atom stereocenters. The third-order valence-corrected chi connectivity index (χ3v) is 3.57. The summed E-state index contributed by atoms with van der Waals surface area (Å²) in [6.45, 7) is 6.30. The van der Waals surface area contributed by atoms with Crippen LogP contribution in [0.25, 0.3) is 0 Å². The summed E-state index contributed by atoms with van der Waals surface area (Å²) in [4.78, 5) is 1.23. The van der Waals surface area contributed by atoms with Crippen LogP contribution in [0.5, 0.6) is 0 Å². The van der Waals surface area contributed by atoms with Gasteiger partial charge < -0.3 is 5.32 Å². The zero-order valence-electron chi connectivity index (χ0n) is 9.35. The van der Waals surface area contributed by atoms with E-state index in [2.05, 4.69) is 25.2 Å². The van der Waals surface area contributed by atoms with Crippen molar-refractivity contribution >= 4 is 23.4 Å². The lowest BCUT2D eigenvalue weighted by Gasteiger charge is -2.10. The predicted molar refractivity (Wildman–Crippen MR) is 69.8 cm³/mol. The number of hydrogen-bond donors (Lipinski definition) is 1. The van der Waals surface area contributed by atoms with Crippen LogP contribution in [-0.4, -0.2) is 12.3 Å². The summed E-state index contributed by atoms with van der Waals surface area (Å²) in [5.74, 6) is 1.06. The first-order valence-corrected chi connectivity index (χ1v) is 6.76. The maximum Gasteiger partial charge on any atom is 0.0545 e. The fourth-order valence-electron chi connectivity index (χ4n) is 1.40. The van der Waals surface area contributed by atoms with Gasteiger partial charge in [-0.15, -0.1) is 11.8 Å². The van der Waals surface area contributed by atoms with E-state index in [1.54, 1.807) is 0 Å². The molecule has 1 aromatic carbocycles. The monoisotopic (exact) mass is 243 g/mol. The van der Waals surface area contributed by atoms with Crippen LogP contribution < -0.4 is 5.32 Å². The maximum atomic E-state index is 6.17. The molecule has 0 amide bonds. The van der Waals surface area contributed by atoms with E-state index in [-0.39, 0.29) is 0 Å². The Morgan fingerprint density at radius 1 is 1.33 bits per heavy atom. The molecule has 0 heterocycles. The van der Waals surface area contributed by atoms with E-state index in [1.807, 2.05) is 23.9 Å². The van der Waals surface area contributed by atoms with Crippen LogP contribution in [0.2, 0.25) is 5.02 Å². The van der Waals surface area contributed by atoms with Gasteiger partial charge in [0.15, 0.2) is 0 Å². The summed E-state index contributed by atoms with van der Waals surface area (Å²) in [5.41, 5.74) is 1.31. The van der Waals surface area contributed by atoms with E-state index in [4.69, 9.17) is 11.6 Å². The SMILES string of the molecule is CCCNCc1cccc(Cl)c1SCC. The molecule has 1 nitrogen and oxygen atoms in total. The van der Waals surface area contributed by atoms with Crippen molar-refractivity contribution in [2.75, 3.05) is 12.3 Å². The largest absolute Gasteiger partial charge is 0.313 e. The van der Waals surface area contributed by atoms with Crippen LogP contribution in [0.4, 0.5) is 0 Å². The Labute approximate surface area is 102 Å². The number of nitrogens with one attached hydrogen (secondary N) is 1. The van der Waals surface area contributed by atoms with E-state index >= 15 is 0 Å². The second-order valence-electron chi connectivity index (χ2n) is 3.34. The van der Waals surface area contributed by atoms with Crippen molar-refractivity contribution in [3.05, 3.63) is 28.8 Å². The minimum absolute atomic E-state index is 0.873. The van der Waals surface area contributed by atoms with Crippen LogP contribution in [0.15, 0.2) is 23.1 Å². The Hall–Kier alpha value is -0.180. The van der Waals surface area contributed by atoms with E-state index in [0.29, 0.717) is 0 Å². The normalized spacial score (nSPS) is 10.6. The van der Waals surface area contributed by atoms with Crippen LogP contribution in [0.1, 0.15) is 25.8 Å². The Balaban J connectivity index is 2.71. The van der Waals surface area contributed by atoms with Crippen molar-refractivity contribution in [2.45, 2.75) is 31.7 Å². The van der Waals surface area contributed by atoms with Crippen molar-refractivity contribution in [3.63, 3.8) is 0 Å². The molecule has 0 aliphatic carbocycles. The number of benzene rings is 1. The molecule has 0 aromatic heterocycles. The van der Waals surface area contributed by atoms with Crippen LogP contribution in [0, 0.1) is 0 Å². The highest BCUT2D eigenvalue weighted by Crippen LogP contribution is 2.30. The van der Waals surface area contributed by atoms with Crippen LogP contribution in [-0.2, 0) is 6.54 Å². The zero-order valence-corrected chi connectivity index (χ0v) is 10.9. The average Bonchev–Trinajstić information content (AvgIpc) is 2.23. The lowest BCUT2D eigenvalue weighted by Crippen LogP contribution is -2.14. The van der Waals surface area contributed by atoms with Gasteiger partial charge in [0.05, 0.1) is 5.02 Å².